The molecular formula is C20H17NO2. The van der Waals surface area contributed by atoms with E-state index in [0.29, 0.717) is 11.1 Å². The summed E-state index contributed by atoms with van der Waals surface area (Å²) in [6, 6.07) is 13.6. The van der Waals surface area contributed by atoms with Crippen molar-refractivity contribution in [2.45, 2.75) is 19.8 Å². The minimum atomic E-state index is -0.325. The number of aryl methyl sites for hydroxylation is 2. The van der Waals surface area contributed by atoms with E-state index in [1.54, 1.807) is 0 Å². The van der Waals surface area contributed by atoms with Crippen LogP contribution in [0.5, 0.6) is 0 Å². The summed E-state index contributed by atoms with van der Waals surface area (Å²) in [6.45, 7) is 2.01. The van der Waals surface area contributed by atoms with Gasteiger partial charge in [-0.2, -0.15) is 5.26 Å². The third-order valence-corrected chi connectivity index (χ3v) is 4.23. The summed E-state index contributed by atoms with van der Waals surface area (Å²) in [5.41, 5.74) is 6.82. The van der Waals surface area contributed by atoms with Crippen LogP contribution in [0.4, 0.5) is 0 Å². The lowest BCUT2D eigenvalue weighted by molar-refractivity contribution is 0.0600. The summed E-state index contributed by atoms with van der Waals surface area (Å²) in [4.78, 5) is 11.8. The zero-order valence-electron chi connectivity index (χ0n) is 13.2. The smallest absolute Gasteiger partial charge is 0.337 e. The monoisotopic (exact) mass is 303 g/mol. The van der Waals surface area contributed by atoms with Crippen molar-refractivity contribution in [3.63, 3.8) is 0 Å². The first-order chi connectivity index (χ1) is 11.1. The van der Waals surface area contributed by atoms with Crippen LogP contribution < -0.4 is 0 Å². The zero-order chi connectivity index (χ0) is 16.4. The Balaban J connectivity index is 2.11. The van der Waals surface area contributed by atoms with Gasteiger partial charge in [0, 0.05) is 0 Å². The Morgan fingerprint density at radius 2 is 2.00 bits per heavy atom. The van der Waals surface area contributed by atoms with Crippen LogP contribution in [0, 0.1) is 18.3 Å². The fourth-order valence-corrected chi connectivity index (χ4v) is 3.06. The first-order valence-corrected chi connectivity index (χ1v) is 7.57. The highest BCUT2D eigenvalue weighted by Gasteiger charge is 2.18. The zero-order valence-corrected chi connectivity index (χ0v) is 13.2. The number of fused-ring (bicyclic) bond motifs is 1. The van der Waals surface area contributed by atoms with Crippen LogP contribution >= 0.6 is 0 Å². The fraction of sp³-hybridized carbons (Fsp3) is 0.200. The summed E-state index contributed by atoms with van der Waals surface area (Å²) >= 11 is 0. The van der Waals surface area contributed by atoms with Crippen molar-refractivity contribution in [2.24, 2.45) is 0 Å². The van der Waals surface area contributed by atoms with E-state index in [0.717, 1.165) is 35.1 Å². The topological polar surface area (TPSA) is 50.1 Å². The third-order valence-electron chi connectivity index (χ3n) is 4.23. The molecule has 0 bridgehead atoms. The van der Waals surface area contributed by atoms with Crippen LogP contribution in [-0.2, 0) is 11.2 Å². The molecule has 0 heterocycles. The molecule has 0 aliphatic heterocycles. The van der Waals surface area contributed by atoms with Crippen LogP contribution in [0.15, 0.2) is 42.5 Å². The Bertz CT molecular complexity index is 856. The summed E-state index contributed by atoms with van der Waals surface area (Å²) in [5, 5.41) is 9.03. The molecule has 1 aliphatic carbocycles. The number of allylic oxidation sites excluding steroid dienone is 1. The molecule has 0 N–H and O–H groups in total. The van der Waals surface area contributed by atoms with Gasteiger partial charge in [-0.15, -0.1) is 0 Å². The number of hydrogen-bond acceptors (Lipinski definition) is 3. The van der Waals surface area contributed by atoms with Crippen molar-refractivity contribution in [3.05, 3.63) is 75.9 Å². The molecule has 3 nitrogen and oxygen atoms in total. The number of nitriles is 1. The van der Waals surface area contributed by atoms with Gasteiger partial charge in [0.05, 0.1) is 24.3 Å². The number of esters is 1. The Kier molecular flexibility index (Phi) is 3.99. The van der Waals surface area contributed by atoms with Gasteiger partial charge in [0.2, 0.25) is 0 Å². The maximum atomic E-state index is 11.8. The molecule has 0 saturated carbocycles. The van der Waals surface area contributed by atoms with Crippen LogP contribution in [0.2, 0.25) is 0 Å². The van der Waals surface area contributed by atoms with Crippen LogP contribution in [0.3, 0.4) is 0 Å². The number of benzene rings is 2. The highest BCUT2D eigenvalue weighted by atomic mass is 16.5. The van der Waals surface area contributed by atoms with Crippen molar-refractivity contribution in [2.75, 3.05) is 7.11 Å². The Morgan fingerprint density at radius 1 is 1.17 bits per heavy atom. The number of rotatable bonds is 2. The largest absolute Gasteiger partial charge is 0.465 e. The molecule has 1 aliphatic rings. The average Bonchev–Trinajstić information content (AvgIpc) is 2.60. The number of methoxy groups -OCH3 is 1. The molecule has 2 aromatic carbocycles. The quantitative estimate of drug-likeness (QED) is 0.787. The van der Waals surface area contributed by atoms with E-state index in [9.17, 15) is 4.79 Å². The van der Waals surface area contributed by atoms with Crippen LogP contribution in [-0.4, -0.2) is 13.1 Å². The number of hydrogen-bond donors (Lipinski definition) is 0. The lowest BCUT2D eigenvalue weighted by Crippen LogP contribution is -2.07. The standard InChI is InChI=1S/C20H17NO2/c1-13-10-14(12-21)6-9-17(13)18-5-3-4-15-7-8-16(11-19(15)18)20(22)23-2/h5-11H,3-4H2,1-2H3. The van der Waals surface area contributed by atoms with E-state index in [1.807, 2.05) is 43.3 Å². The van der Waals surface area contributed by atoms with Crippen LogP contribution in [0.1, 0.15) is 44.6 Å². The van der Waals surface area contributed by atoms with Crippen molar-refractivity contribution in [1.29, 1.82) is 5.26 Å². The molecule has 0 atom stereocenters. The molecule has 0 saturated heterocycles. The Hall–Kier alpha value is -2.86. The molecule has 2 aromatic rings. The summed E-state index contributed by atoms with van der Waals surface area (Å²) < 4.78 is 4.83. The number of carbonyl (C=O) groups excluding carboxylic acids is 1. The summed E-state index contributed by atoms with van der Waals surface area (Å²) in [7, 11) is 1.39. The van der Waals surface area contributed by atoms with E-state index in [2.05, 4.69) is 12.1 Å². The second-order valence-corrected chi connectivity index (χ2v) is 5.66. The second-order valence-electron chi connectivity index (χ2n) is 5.66. The second kappa shape index (κ2) is 6.10. The third kappa shape index (κ3) is 2.76. The van der Waals surface area contributed by atoms with E-state index in [4.69, 9.17) is 10.00 Å². The average molecular weight is 303 g/mol. The maximum Gasteiger partial charge on any atom is 0.337 e. The van der Waals surface area contributed by atoms with Crippen molar-refractivity contribution in [3.8, 4) is 6.07 Å². The maximum absolute atomic E-state index is 11.8. The number of ether oxygens (including phenoxy) is 1. The van der Waals surface area contributed by atoms with E-state index >= 15 is 0 Å². The molecule has 114 valence electrons. The highest BCUT2D eigenvalue weighted by Crippen LogP contribution is 2.34. The molecule has 0 amide bonds. The van der Waals surface area contributed by atoms with Gasteiger partial charge in [0.15, 0.2) is 0 Å². The van der Waals surface area contributed by atoms with E-state index in [1.165, 1.54) is 12.7 Å². The molecule has 0 unspecified atom stereocenters. The van der Waals surface area contributed by atoms with Gasteiger partial charge in [-0.1, -0.05) is 18.2 Å². The van der Waals surface area contributed by atoms with Gasteiger partial charge in [0.25, 0.3) is 0 Å². The molecule has 0 aromatic heterocycles. The van der Waals surface area contributed by atoms with Crippen molar-refractivity contribution in [1.82, 2.24) is 0 Å². The lowest BCUT2D eigenvalue weighted by atomic mass is 9.84. The SMILES string of the molecule is COC(=O)c1ccc2c(c1)C(c1ccc(C#N)cc1C)=CCC2. The molecule has 0 fully saturated rings. The van der Waals surface area contributed by atoms with Gasteiger partial charge >= 0.3 is 5.97 Å². The predicted molar refractivity (Wildman–Crippen MR) is 89.1 cm³/mol. The molecule has 3 heteroatoms. The van der Waals surface area contributed by atoms with Gasteiger partial charge in [-0.05, 0) is 71.9 Å². The molecule has 3 rings (SSSR count). The molecule has 0 radical (unpaired) electrons. The van der Waals surface area contributed by atoms with Crippen LogP contribution in [0.25, 0.3) is 5.57 Å². The first kappa shape index (κ1) is 15.1. The lowest BCUT2D eigenvalue weighted by Gasteiger charge is -2.20. The number of carbonyl (C=O) groups is 1. The molecule has 23 heavy (non-hydrogen) atoms. The first-order valence-electron chi connectivity index (χ1n) is 7.57. The van der Waals surface area contributed by atoms with Gasteiger partial charge in [-0.25, -0.2) is 4.79 Å². The van der Waals surface area contributed by atoms with E-state index < -0.39 is 0 Å². The van der Waals surface area contributed by atoms with Gasteiger partial charge in [-0.3, -0.25) is 0 Å². The Labute approximate surface area is 135 Å². The van der Waals surface area contributed by atoms with Gasteiger partial charge in [0.1, 0.15) is 0 Å². The highest BCUT2D eigenvalue weighted by molar-refractivity contribution is 5.93. The summed E-state index contributed by atoms with van der Waals surface area (Å²) in [5.74, 6) is -0.325. The normalized spacial score (nSPS) is 12.8. The van der Waals surface area contributed by atoms with Gasteiger partial charge < -0.3 is 4.74 Å². The molecule has 0 spiro atoms. The molecular weight excluding hydrogens is 286 g/mol. The summed E-state index contributed by atoms with van der Waals surface area (Å²) in [6.07, 6.45) is 4.15. The number of nitrogens with zero attached hydrogens (tertiary/aromatic N) is 1. The minimum Gasteiger partial charge on any atom is -0.465 e. The Morgan fingerprint density at radius 3 is 2.70 bits per heavy atom. The van der Waals surface area contributed by atoms with E-state index in [-0.39, 0.29) is 5.97 Å². The fourth-order valence-electron chi connectivity index (χ4n) is 3.06. The van der Waals surface area contributed by atoms with Crippen molar-refractivity contribution >= 4 is 11.5 Å². The van der Waals surface area contributed by atoms with Crippen molar-refractivity contribution < 1.29 is 9.53 Å². The predicted octanol–water partition coefficient (Wildman–Crippen LogP) is 4.03. The minimum absolute atomic E-state index is 0.325.